The van der Waals surface area contributed by atoms with Gasteiger partial charge < -0.3 is 20.5 Å². The number of methoxy groups -OCH3 is 1. The van der Waals surface area contributed by atoms with E-state index in [2.05, 4.69) is 23.8 Å². The van der Waals surface area contributed by atoms with Gasteiger partial charge in [-0.3, -0.25) is 9.59 Å². The van der Waals surface area contributed by atoms with Crippen LogP contribution in [0.15, 0.2) is 43.5 Å². The van der Waals surface area contributed by atoms with E-state index in [1.807, 2.05) is 0 Å². The van der Waals surface area contributed by atoms with Crippen molar-refractivity contribution in [3.8, 4) is 5.75 Å². The number of amides is 2. The van der Waals surface area contributed by atoms with Crippen LogP contribution >= 0.6 is 0 Å². The Kier molecular flexibility index (Phi) is 8.39. The fourth-order valence-corrected chi connectivity index (χ4v) is 4.10. The molecule has 1 aromatic rings. The molecule has 0 radical (unpaired) electrons. The van der Waals surface area contributed by atoms with Crippen LogP contribution in [0.4, 0.5) is 4.39 Å². The zero-order chi connectivity index (χ0) is 23.1. The molecule has 7 heteroatoms. The van der Waals surface area contributed by atoms with Crippen molar-refractivity contribution in [1.29, 1.82) is 0 Å². The molecule has 0 aliphatic carbocycles. The minimum atomic E-state index is -1.16. The molecule has 1 saturated heterocycles. The van der Waals surface area contributed by atoms with E-state index in [4.69, 9.17) is 4.74 Å². The smallest absolute Gasteiger partial charge is 0.220 e. The van der Waals surface area contributed by atoms with Gasteiger partial charge in [0, 0.05) is 18.4 Å². The number of benzene rings is 1. The maximum absolute atomic E-state index is 14.4. The molecule has 1 fully saturated rings. The summed E-state index contributed by atoms with van der Waals surface area (Å²) in [5, 5.41) is 16.6. The fourth-order valence-electron chi connectivity index (χ4n) is 4.10. The van der Waals surface area contributed by atoms with Crippen molar-refractivity contribution >= 4 is 11.8 Å². The van der Waals surface area contributed by atoms with E-state index in [0.29, 0.717) is 43.4 Å². The second-order valence-electron chi connectivity index (χ2n) is 8.34. The van der Waals surface area contributed by atoms with Crippen molar-refractivity contribution in [1.82, 2.24) is 10.6 Å². The summed E-state index contributed by atoms with van der Waals surface area (Å²) in [5.74, 6) is -0.196. The molecule has 3 N–H and O–H groups in total. The molecule has 31 heavy (non-hydrogen) atoms. The Labute approximate surface area is 183 Å². The van der Waals surface area contributed by atoms with Gasteiger partial charge in [-0.1, -0.05) is 12.2 Å². The highest BCUT2D eigenvalue weighted by Gasteiger charge is 2.39. The van der Waals surface area contributed by atoms with Crippen LogP contribution in [-0.2, 0) is 16.0 Å². The zero-order valence-electron chi connectivity index (χ0n) is 18.4. The second kappa shape index (κ2) is 10.6. The Bertz CT molecular complexity index is 816. The van der Waals surface area contributed by atoms with Gasteiger partial charge in [-0.2, -0.15) is 0 Å². The quantitative estimate of drug-likeness (QED) is 0.443. The molecule has 0 aromatic heterocycles. The molecule has 1 aliphatic heterocycles. The van der Waals surface area contributed by atoms with Crippen LogP contribution in [0.2, 0.25) is 0 Å². The molecular weight excluding hydrogens is 399 g/mol. The predicted molar refractivity (Wildman–Crippen MR) is 118 cm³/mol. The SMILES string of the molecule is C=CCC(O)(CC=C)[C@@H](C)NC(=O)CC[C@@]1(Cc2cc(OC)ccc2F)CCC(=O)N1. The molecule has 0 unspecified atom stereocenters. The highest BCUT2D eigenvalue weighted by Crippen LogP contribution is 2.32. The lowest BCUT2D eigenvalue weighted by Gasteiger charge is -2.34. The van der Waals surface area contributed by atoms with Gasteiger partial charge in [0.15, 0.2) is 0 Å². The van der Waals surface area contributed by atoms with Gasteiger partial charge in [-0.15, -0.1) is 13.2 Å². The summed E-state index contributed by atoms with van der Waals surface area (Å²) in [6, 6.07) is 3.99. The van der Waals surface area contributed by atoms with Gasteiger partial charge in [0.25, 0.3) is 0 Å². The Morgan fingerprint density at radius 1 is 1.42 bits per heavy atom. The van der Waals surface area contributed by atoms with Crippen molar-refractivity contribution in [2.45, 2.75) is 69.1 Å². The normalized spacial score (nSPS) is 19.4. The maximum Gasteiger partial charge on any atom is 0.220 e. The number of carbonyl (C=O) groups is 2. The number of carbonyl (C=O) groups excluding carboxylic acids is 2. The van der Waals surface area contributed by atoms with Crippen molar-refractivity contribution in [3.05, 3.63) is 54.9 Å². The number of aliphatic hydroxyl groups is 1. The third kappa shape index (κ3) is 6.40. The molecule has 2 rings (SSSR count). The number of nitrogens with one attached hydrogen (secondary N) is 2. The van der Waals surface area contributed by atoms with E-state index < -0.39 is 17.2 Å². The molecule has 0 saturated carbocycles. The Morgan fingerprint density at radius 2 is 2.10 bits per heavy atom. The van der Waals surface area contributed by atoms with E-state index in [9.17, 15) is 19.1 Å². The molecule has 6 nitrogen and oxygen atoms in total. The van der Waals surface area contributed by atoms with E-state index in [-0.39, 0.29) is 30.5 Å². The predicted octanol–water partition coefficient (Wildman–Crippen LogP) is 3.19. The Balaban J connectivity index is 2.08. The first-order chi connectivity index (χ1) is 14.7. The molecule has 1 aromatic carbocycles. The van der Waals surface area contributed by atoms with Gasteiger partial charge in [-0.25, -0.2) is 4.39 Å². The molecule has 0 bridgehead atoms. The van der Waals surface area contributed by atoms with E-state index in [0.717, 1.165) is 0 Å². The zero-order valence-corrected chi connectivity index (χ0v) is 18.4. The molecular formula is C24H33FN2O4. The molecule has 1 heterocycles. The van der Waals surface area contributed by atoms with Gasteiger partial charge in [-0.05, 0) is 62.8 Å². The number of ether oxygens (including phenoxy) is 1. The first-order valence-electron chi connectivity index (χ1n) is 10.5. The van der Waals surface area contributed by atoms with Crippen molar-refractivity contribution in [3.63, 3.8) is 0 Å². The monoisotopic (exact) mass is 432 g/mol. The summed E-state index contributed by atoms with van der Waals surface area (Å²) >= 11 is 0. The summed E-state index contributed by atoms with van der Waals surface area (Å²) in [4.78, 5) is 24.6. The van der Waals surface area contributed by atoms with Crippen LogP contribution in [0.1, 0.15) is 51.0 Å². The number of hydrogen-bond donors (Lipinski definition) is 3. The maximum atomic E-state index is 14.4. The van der Waals surface area contributed by atoms with Gasteiger partial charge in [0.05, 0.1) is 18.8 Å². The van der Waals surface area contributed by atoms with Crippen LogP contribution in [0, 0.1) is 5.82 Å². The second-order valence-corrected chi connectivity index (χ2v) is 8.34. The minimum absolute atomic E-state index is 0.108. The molecule has 2 atom stereocenters. The number of hydrogen-bond acceptors (Lipinski definition) is 4. The highest BCUT2D eigenvalue weighted by atomic mass is 19.1. The summed E-state index contributed by atoms with van der Waals surface area (Å²) in [5.41, 5.74) is -1.44. The molecule has 1 aliphatic rings. The topological polar surface area (TPSA) is 87.7 Å². The Morgan fingerprint density at radius 3 is 2.65 bits per heavy atom. The van der Waals surface area contributed by atoms with Gasteiger partial charge >= 0.3 is 0 Å². The average molecular weight is 433 g/mol. The fraction of sp³-hybridized carbons (Fsp3) is 0.500. The summed E-state index contributed by atoms with van der Waals surface area (Å²) in [7, 11) is 1.51. The van der Waals surface area contributed by atoms with Crippen LogP contribution < -0.4 is 15.4 Å². The molecule has 170 valence electrons. The van der Waals surface area contributed by atoms with Crippen LogP contribution in [0.3, 0.4) is 0 Å². The summed E-state index contributed by atoms with van der Waals surface area (Å²) in [6.07, 6.45) is 5.45. The van der Waals surface area contributed by atoms with Crippen molar-refractivity contribution < 1.29 is 23.8 Å². The lowest BCUT2D eigenvalue weighted by Crippen LogP contribution is -2.51. The van der Waals surface area contributed by atoms with E-state index in [1.54, 1.807) is 31.2 Å². The lowest BCUT2D eigenvalue weighted by molar-refractivity contribution is -0.125. The number of rotatable bonds is 12. The largest absolute Gasteiger partial charge is 0.497 e. The molecule has 0 spiro atoms. The van der Waals surface area contributed by atoms with Crippen LogP contribution in [0.25, 0.3) is 0 Å². The van der Waals surface area contributed by atoms with E-state index >= 15 is 0 Å². The Hall–Kier alpha value is -2.67. The van der Waals surface area contributed by atoms with Crippen molar-refractivity contribution in [2.24, 2.45) is 0 Å². The standard InChI is InChI=1S/C24H33FN2O4/c1-5-11-24(30,12-6-2)17(3)26-21(28)9-13-23(14-10-22(29)27-23)16-18-15-19(31-4)7-8-20(18)25/h5-8,15,17,30H,1-2,9-14,16H2,3-4H3,(H,26,28)(H,27,29)/t17-,23+/m1/s1. The third-order valence-electron chi connectivity index (χ3n) is 6.03. The van der Waals surface area contributed by atoms with Gasteiger partial charge in [0.1, 0.15) is 11.6 Å². The minimum Gasteiger partial charge on any atom is -0.497 e. The van der Waals surface area contributed by atoms with Crippen molar-refractivity contribution in [2.75, 3.05) is 7.11 Å². The number of halogens is 1. The first-order valence-corrected chi connectivity index (χ1v) is 10.5. The first kappa shape index (κ1) is 24.6. The third-order valence-corrected chi connectivity index (χ3v) is 6.03. The van der Waals surface area contributed by atoms with Gasteiger partial charge in [0.2, 0.25) is 11.8 Å². The molecule has 2 amide bonds. The average Bonchev–Trinajstić information content (AvgIpc) is 3.09. The van der Waals surface area contributed by atoms with Crippen LogP contribution in [-0.4, -0.2) is 41.2 Å². The van der Waals surface area contributed by atoms with E-state index in [1.165, 1.54) is 13.2 Å². The summed E-state index contributed by atoms with van der Waals surface area (Å²) in [6.45, 7) is 9.07. The van der Waals surface area contributed by atoms with Crippen LogP contribution in [0.5, 0.6) is 5.75 Å². The highest BCUT2D eigenvalue weighted by molar-refractivity contribution is 5.80. The lowest BCUT2D eigenvalue weighted by atomic mass is 9.84. The summed E-state index contributed by atoms with van der Waals surface area (Å²) < 4.78 is 19.6.